The lowest BCUT2D eigenvalue weighted by Gasteiger charge is -2.22. The number of fused-ring (bicyclic) bond motifs is 1. The fourth-order valence-corrected chi connectivity index (χ4v) is 3.72. The van der Waals surface area contributed by atoms with E-state index in [1.165, 1.54) is 6.92 Å². The van der Waals surface area contributed by atoms with Crippen LogP contribution in [0.3, 0.4) is 0 Å². The Morgan fingerprint density at radius 2 is 1.83 bits per heavy atom. The van der Waals surface area contributed by atoms with Crippen LogP contribution in [0.4, 0.5) is 0 Å². The maximum Gasteiger partial charge on any atom is 0.346 e. The van der Waals surface area contributed by atoms with Gasteiger partial charge >= 0.3 is 11.9 Å². The average Bonchev–Trinajstić information content (AvgIpc) is 3.18. The zero-order valence-corrected chi connectivity index (χ0v) is 20.7. The molecular formula is C26H28ClNO7. The van der Waals surface area contributed by atoms with Gasteiger partial charge in [-0.05, 0) is 68.3 Å². The van der Waals surface area contributed by atoms with E-state index >= 15 is 0 Å². The van der Waals surface area contributed by atoms with Crippen LogP contribution >= 0.6 is 11.6 Å². The summed E-state index contributed by atoms with van der Waals surface area (Å²) < 4.78 is 21.5. The van der Waals surface area contributed by atoms with Crippen molar-refractivity contribution >= 4 is 40.3 Å². The molecule has 0 saturated carbocycles. The molecule has 0 aliphatic carbocycles. The Kier molecular flexibility index (Phi) is 9.28. The van der Waals surface area contributed by atoms with Gasteiger partial charge in [0.15, 0.2) is 6.61 Å². The third-order valence-corrected chi connectivity index (χ3v) is 5.53. The molecule has 1 unspecified atom stereocenters. The lowest BCUT2D eigenvalue weighted by Crippen LogP contribution is -2.27. The number of methoxy groups -OCH3 is 1. The van der Waals surface area contributed by atoms with Gasteiger partial charge in [0.1, 0.15) is 5.75 Å². The van der Waals surface area contributed by atoms with Gasteiger partial charge < -0.3 is 18.9 Å². The van der Waals surface area contributed by atoms with E-state index in [1.807, 2.05) is 31.2 Å². The van der Waals surface area contributed by atoms with Gasteiger partial charge in [-0.3, -0.25) is 14.2 Å². The number of rotatable bonds is 5. The molecule has 9 heteroatoms. The van der Waals surface area contributed by atoms with Crippen molar-refractivity contribution in [1.82, 2.24) is 4.57 Å². The molecule has 1 aliphatic rings. The van der Waals surface area contributed by atoms with E-state index in [-0.39, 0.29) is 12.5 Å². The number of benzene rings is 2. The molecule has 3 aromatic rings. The van der Waals surface area contributed by atoms with E-state index < -0.39 is 18.2 Å². The molecule has 1 saturated heterocycles. The number of aryl methyl sites for hydroxylation is 1. The first-order chi connectivity index (χ1) is 16.8. The third-order valence-electron chi connectivity index (χ3n) is 5.28. The summed E-state index contributed by atoms with van der Waals surface area (Å²) in [7, 11) is 1.63. The lowest BCUT2D eigenvalue weighted by atomic mass is 10.2. The van der Waals surface area contributed by atoms with Crippen LogP contribution in [0.2, 0.25) is 5.02 Å². The second kappa shape index (κ2) is 12.4. The van der Waals surface area contributed by atoms with Crippen LogP contribution in [0.5, 0.6) is 5.75 Å². The molecule has 1 fully saturated rings. The molecule has 1 aromatic heterocycles. The molecule has 0 spiro atoms. The Bertz CT molecular complexity index is 1180. The summed E-state index contributed by atoms with van der Waals surface area (Å²) in [4.78, 5) is 34.1. The highest BCUT2D eigenvalue weighted by atomic mass is 35.5. The number of hydrogen-bond acceptors (Lipinski definition) is 7. The van der Waals surface area contributed by atoms with E-state index in [4.69, 9.17) is 25.8 Å². The molecule has 1 aliphatic heterocycles. The Morgan fingerprint density at radius 1 is 1.09 bits per heavy atom. The zero-order chi connectivity index (χ0) is 25.4. The highest BCUT2D eigenvalue weighted by Gasteiger charge is 2.18. The maximum atomic E-state index is 12.7. The number of aromatic nitrogens is 1. The van der Waals surface area contributed by atoms with Crippen molar-refractivity contribution in [3.8, 4) is 5.75 Å². The number of esters is 2. The smallest absolute Gasteiger partial charge is 0.346 e. The van der Waals surface area contributed by atoms with Crippen molar-refractivity contribution in [1.29, 1.82) is 0 Å². The second-order valence-electron chi connectivity index (χ2n) is 7.92. The highest BCUT2D eigenvalue weighted by Crippen LogP contribution is 2.25. The van der Waals surface area contributed by atoms with Crippen LogP contribution in [-0.4, -0.2) is 49.0 Å². The molecule has 0 bridgehead atoms. The molecule has 4 rings (SSSR count). The summed E-state index contributed by atoms with van der Waals surface area (Å²) in [6, 6.07) is 14.6. The van der Waals surface area contributed by atoms with E-state index in [0.717, 1.165) is 35.2 Å². The van der Waals surface area contributed by atoms with E-state index in [2.05, 4.69) is 4.74 Å². The van der Waals surface area contributed by atoms with Crippen LogP contribution in [0.25, 0.3) is 10.9 Å². The summed E-state index contributed by atoms with van der Waals surface area (Å²) in [5.41, 5.74) is 2.36. The minimum absolute atomic E-state index is 0.0654. The largest absolute Gasteiger partial charge is 0.497 e. The number of hydrogen-bond donors (Lipinski definition) is 0. The SMILES string of the molecule is CC(=O)OCC(=O)OC1CCCCO1.COc1ccc2c(c1)cc(C)n2C(=O)c1ccc(Cl)cc1. The second-order valence-corrected chi connectivity index (χ2v) is 8.36. The summed E-state index contributed by atoms with van der Waals surface area (Å²) in [6.07, 6.45) is 2.24. The summed E-state index contributed by atoms with van der Waals surface area (Å²) in [6.45, 7) is 3.44. The van der Waals surface area contributed by atoms with Gasteiger partial charge in [-0.1, -0.05) is 11.6 Å². The van der Waals surface area contributed by atoms with Crippen molar-refractivity contribution in [2.45, 2.75) is 39.4 Å². The summed E-state index contributed by atoms with van der Waals surface area (Å²) in [5.74, 6) is -0.346. The monoisotopic (exact) mass is 501 g/mol. The van der Waals surface area contributed by atoms with Gasteiger partial charge in [-0.25, -0.2) is 4.79 Å². The number of halogens is 1. The van der Waals surface area contributed by atoms with Gasteiger partial charge in [-0.2, -0.15) is 0 Å². The minimum Gasteiger partial charge on any atom is -0.497 e. The number of carbonyl (C=O) groups excluding carboxylic acids is 3. The maximum absolute atomic E-state index is 12.7. The molecule has 186 valence electrons. The fourth-order valence-electron chi connectivity index (χ4n) is 3.59. The Hall–Kier alpha value is -3.36. The average molecular weight is 502 g/mol. The van der Waals surface area contributed by atoms with Gasteiger partial charge in [0, 0.05) is 35.0 Å². The fraction of sp³-hybridized carbons (Fsp3) is 0.346. The van der Waals surface area contributed by atoms with Gasteiger partial charge in [0.2, 0.25) is 6.29 Å². The molecule has 0 radical (unpaired) electrons. The normalized spacial score (nSPS) is 15.0. The lowest BCUT2D eigenvalue weighted by molar-refractivity contribution is -0.192. The third kappa shape index (κ3) is 7.31. The first kappa shape index (κ1) is 26.2. The number of ether oxygens (including phenoxy) is 4. The van der Waals surface area contributed by atoms with Gasteiger partial charge in [0.05, 0.1) is 19.2 Å². The highest BCUT2D eigenvalue weighted by molar-refractivity contribution is 6.30. The first-order valence-electron chi connectivity index (χ1n) is 11.2. The van der Waals surface area contributed by atoms with Crippen molar-refractivity contribution in [2.24, 2.45) is 0 Å². The van der Waals surface area contributed by atoms with Gasteiger partial charge in [0.25, 0.3) is 5.91 Å². The van der Waals surface area contributed by atoms with E-state index in [1.54, 1.807) is 35.9 Å². The number of nitrogens with zero attached hydrogens (tertiary/aromatic N) is 1. The Balaban J connectivity index is 0.000000214. The van der Waals surface area contributed by atoms with E-state index in [9.17, 15) is 14.4 Å². The van der Waals surface area contributed by atoms with Crippen LogP contribution in [0.1, 0.15) is 42.2 Å². The van der Waals surface area contributed by atoms with Crippen molar-refractivity contribution < 1.29 is 33.3 Å². The molecule has 2 aromatic carbocycles. The van der Waals surface area contributed by atoms with Crippen LogP contribution in [-0.2, 0) is 23.8 Å². The van der Waals surface area contributed by atoms with Crippen LogP contribution in [0, 0.1) is 6.92 Å². The molecule has 2 heterocycles. The molecule has 0 N–H and O–H groups in total. The Labute approximate surface area is 208 Å². The minimum atomic E-state index is -0.563. The van der Waals surface area contributed by atoms with E-state index in [0.29, 0.717) is 23.6 Å². The summed E-state index contributed by atoms with van der Waals surface area (Å²) >= 11 is 5.87. The van der Waals surface area contributed by atoms with Crippen LogP contribution < -0.4 is 4.74 Å². The standard InChI is InChI=1S/C17H14ClNO2.C9H14O5/c1-11-9-13-10-15(21-2)7-8-16(13)19(11)17(20)12-3-5-14(18)6-4-12;1-7(10)13-6-8(11)14-9-4-2-3-5-12-9/h3-10H,1-2H3;9H,2-6H2,1H3. The molecule has 8 nitrogen and oxygen atoms in total. The number of carbonyl (C=O) groups is 3. The van der Waals surface area contributed by atoms with Crippen LogP contribution in [0.15, 0.2) is 48.5 Å². The van der Waals surface area contributed by atoms with Crippen molar-refractivity contribution in [3.05, 3.63) is 64.8 Å². The zero-order valence-electron chi connectivity index (χ0n) is 19.9. The molecule has 35 heavy (non-hydrogen) atoms. The van der Waals surface area contributed by atoms with Crippen molar-refractivity contribution in [3.63, 3.8) is 0 Å². The predicted octanol–water partition coefficient (Wildman–Crippen LogP) is 4.92. The topological polar surface area (TPSA) is 93.1 Å². The quantitative estimate of drug-likeness (QED) is 0.458. The molecule has 1 atom stereocenters. The summed E-state index contributed by atoms with van der Waals surface area (Å²) in [5, 5.41) is 1.60. The van der Waals surface area contributed by atoms with Crippen molar-refractivity contribution in [2.75, 3.05) is 20.3 Å². The molecule has 0 amide bonds. The first-order valence-corrected chi connectivity index (χ1v) is 11.6. The van der Waals surface area contributed by atoms with Gasteiger partial charge in [-0.15, -0.1) is 0 Å². The molecular weight excluding hydrogens is 474 g/mol. The predicted molar refractivity (Wildman–Crippen MR) is 131 cm³/mol. The Morgan fingerprint density at radius 3 is 2.46 bits per heavy atom.